The molecule has 1 aromatic rings. The first-order chi connectivity index (χ1) is 7.72. The summed E-state index contributed by atoms with van der Waals surface area (Å²) in [5.74, 6) is 0.128. The Hall–Kier alpha value is -1.36. The third-order valence-electron chi connectivity index (χ3n) is 2.03. The van der Waals surface area contributed by atoms with Crippen LogP contribution in [0.1, 0.15) is 42.4 Å². The summed E-state index contributed by atoms with van der Waals surface area (Å²) in [6, 6.07) is 0. The normalized spacial score (nSPS) is 10.4. The summed E-state index contributed by atoms with van der Waals surface area (Å²) in [6.07, 6.45) is 1.59. The molecule has 0 radical (unpaired) electrons. The van der Waals surface area contributed by atoms with Crippen molar-refractivity contribution >= 4 is 5.97 Å². The van der Waals surface area contributed by atoms with Crippen LogP contribution in [-0.4, -0.2) is 24.7 Å². The number of rotatable bonds is 6. The Morgan fingerprint density at radius 2 is 2.19 bits per heavy atom. The second-order valence-corrected chi connectivity index (χ2v) is 3.26. The van der Waals surface area contributed by atoms with Gasteiger partial charge >= 0.3 is 5.97 Å². The molecule has 0 N–H and O–H groups in total. The van der Waals surface area contributed by atoms with Crippen LogP contribution in [0.3, 0.4) is 0 Å². The zero-order valence-electron chi connectivity index (χ0n) is 9.91. The summed E-state index contributed by atoms with van der Waals surface area (Å²) < 4.78 is 15.1. The Labute approximate surface area is 94.8 Å². The van der Waals surface area contributed by atoms with Gasteiger partial charge in [0.2, 0.25) is 11.7 Å². The van der Waals surface area contributed by atoms with Crippen molar-refractivity contribution in [3.63, 3.8) is 0 Å². The first-order valence-corrected chi connectivity index (χ1v) is 5.37. The zero-order chi connectivity index (χ0) is 12.0. The standard InChI is InChI=1S/C11H17NO4/c1-4-6-8-10(11(13)14-3)16-9(12-8)7-15-5-2/h4-7H2,1-3H3. The number of ether oxygens (including phenoxy) is 2. The van der Waals surface area contributed by atoms with Gasteiger partial charge in [0.05, 0.1) is 12.8 Å². The number of hydrogen-bond donors (Lipinski definition) is 0. The summed E-state index contributed by atoms with van der Waals surface area (Å²) >= 11 is 0. The molecule has 0 atom stereocenters. The van der Waals surface area contributed by atoms with E-state index in [1.807, 2.05) is 13.8 Å². The number of nitrogens with zero attached hydrogens (tertiary/aromatic N) is 1. The minimum absolute atomic E-state index is 0.194. The minimum Gasteiger partial charge on any atom is -0.463 e. The van der Waals surface area contributed by atoms with Gasteiger partial charge in [-0.3, -0.25) is 0 Å². The zero-order valence-corrected chi connectivity index (χ0v) is 9.91. The van der Waals surface area contributed by atoms with Crippen LogP contribution in [0, 0.1) is 0 Å². The maximum Gasteiger partial charge on any atom is 0.375 e. The number of carbonyl (C=O) groups is 1. The summed E-state index contributed by atoms with van der Waals surface area (Å²) in [5, 5.41) is 0. The molecule has 0 aliphatic carbocycles. The predicted octanol–water partition coefficient (Wildman–Crippen LogP) is 1.95. The average Bonchev–Trinajstić information content (AvgIpc) is 2.69. The van der Waals surface area contributed by atoms with Crippen molar-refractivity contribution in [1.29, 1.82) is 0 Å². The monoisotopic (exact) mass is 227 g/mol. The Kier molecular flexibility index (Phi) is 4.98. The molecule has 0 unspecified atom stereocenters. The molecule has 1 aromatic heterocycles. The van der Waals surface area contributed by atoms with Crippen LogP contribution in [0.25, 0.3) is 0 Å². The molecule has 16 heavy (non-hydrogen) atoms. The van der Waals surface area contributed by atoms with E-state index in [4.69, 9.17) is 9.15 Å². The van der Waals surface area contributed by atoms with Gasteiger partial charge < -0.3 is 13.9 Å². The highest BCUT2D eigenvalue weighted by molar-refractivity contribution is 5.87. The molecule has 90 valence electrons. The molecule has 1 heterocycles. The van der Waals surface area contributed by atoms with Crippen molar-refractivity contribution in [2.75, 3.05) is 13.7 Å². The van der Waals surface area contributed by atoms with E-state index in [0.29, 0.717) is 24.6 Å². The molecular formula is C11H17NO4. The largest absolute Gasteiger partial charge is 0.463 e. The molecule has 1 rings (SSSR count). The molecule has 0 amide bonds. The number of oxazole rings is 1. The molecule has 0 spiro atoms. The van der Waals surface area contributed by atoms with E-state index < -0.39 is 5.97 Å². The van der Waals surface area contributed by atoms with E-state index in [0.717, 1.165) is 6.42 Å². The molecule has 0 fully saturated rings. The summed E-state index contributed by atoms with van der Waals surface area (Å²) in [6.45, 7) is 4.76. The molecule has 0 bridgehead atoms. The highest BCUT2D eigenvalue weighted by Crippen LogP contribution is 2.15. The lowest BCUT2D eigenvalue weighted by Gasteiger charge is -1.96. The number of hydrogen-bond acceptors (Lipinski definition) is 5. The maximum atomic E-state index is 11.4. The highest BCUT2D eigenvalue weighted by atomic mass is 16.5. The lowest BCUT2D eigenvalue weighted by atomic mass is 10.2. The van der Waals surface area contributed by atoms with Gasteiger partial charge in [0, 0.05) is 6.61 Å². The van der Waals surface area contributed by atoms with Crippen LogP contribution in [0.5, 0.6) is 0 Å². The number of carbonyl (C=O) groups excluding carboxylic acids is 1. The third-order valence-corrected chi connectivity index (χ3v) is 2.03. The Bertz CT molecular complexity index is 346. The number of aromatic nitrogens is 1. The van der Waals surface area contributed by atoms with Gasteiger partial charge in [-0.25, -0.2) is 9.78 Å². The van der Waals surface area contributed by atoms with Crippen molar-refractivity contribution in [3.8, 4) is 0 Å². The van der Waals surface area contributed by atoms with Gasteiger partial charge in [-0.05, 0) is 13.3 Å². The number of methoxy groups -OCH3 is 1. The lowest BCUT2D eigenvalue weighted by molar-refractivity contribution is 0.0552. The molecule has 0 saturated carbocycles. The smallest absolute Gasteiger partial charge is 0.375 e. The Morgan fingerprint density at radius 1 is 1.44 bits per heavy atom. The van der Waals surface area contributed by atoms with E-state index in [9.17, 15) is 4.79 Å². The number of aryl methyl sites for hydroxylation is 1. The van der Waals surface area contributed by atoms with Crippen LogP contribution in [0.2, 0.25) is 0 Å². The first-order valence-electron chi connectivity index (χ1n) is 5.37. The third kappa shape index (κ3) is 3.06. The van der Waals surface area contributed by atoms with Crippen molar-refractivity contribution in [3.05, 3.63) is 17.3 Å². The fourth-order valence-electron chi connectivity index (χ4n) is 1.31. The quantitative estimate of drug-likeness (QED) is 0.695. The van der Waals surface area contributed by atoms with E-state index >= 15 is 0 Å². The summed E-state index contributed by atoms with van der Waals surface area (Å²) in [5.41, 5.74) is 0.643. The van der Waals surface area contributed by atoms with Crippen LogP contribution in [-0.2, 0) is 22.5 Å². The van der Waals surface area contributed by atoms with Crippen LogP contribution in [0.4, 0.5) is 0 Å². The van der Waals surface area contributed by atoms with E-state index in [1.165, 1.54) is 7.11 Å². The molecule has 0 saturated heterocycles. The first kappa shape index (κ1) is 12.7. The Morgan fingerprint density at radius 3 is 2.75 bits per heavy atom. The molecule has 0 aliphatic rings. The van der Waals surface area contributed by atoms with E-state index in [-0.39, 0.29) is 12.4 Å². The van der Waals surface area contributed by atoms with Crippen molar-refractivity contribution < 1.29 is 18.7 Å². The lowest BCUT2D eigenvalue weighted by Crippen LogP contribution is -2.03. The van der Waals surface area contributed by atoms with E-state index in [1.54, 1.807) is 0 Å². The highest BCUT2D eigenvalue weighted by Gasteiger charge is 2.19. The predicted molar refractivity (Wildman–Crippen MR) is 57.2 cm³/mol. The molecule has 5 nitrogen and oxygen atoms in total. The van der Waals surface area contributed by atoms with E-state index in [2.05, 4.69) is 9.72 Å². The van der Waals surface area contributed by atoms with Crippen molar-refractivity contribution in [2.45, 2.75) is 33.3 Å². The fourth-order valence-corrected chi connectivity index (χ4v) is 1.31. The minimum atomic E-state index is -0.487. The SMILES string of the molecule is CCCc1nc(COCC)oc1C(=O)OC. The van der Waals surface area contributed by atoms with Gasteiger partial charge in [-0.15, -0.1) is 0 Å². The molecule has 0 aliphatic heterocycles. The van der Waals surface area contributed by atoms with Gasteiger partial charge in [-0.1, -0.05) is 13.3 Å². The average molecular weight is 227 g/mol. The number of esters is 1. The van der Waals surface area contributed by atoms with Gasteiger partial charge in [0.25, 0.3) is 0 Å². The van der Waals surface area contributed by atoms with Crippen LogP contribution < -0.4 is 0 Å². The second kappa shape index (κ2) is 6.27. The van der Waals surface area contributed by atoms with Gasteiger partial charge in [-0.2, -0.15) is 0 Å². The van der Waals surface area contributed by atoms with Gasteiger partial charge in [0.15, 0.2) is 0 Å². The maximum absolute atomic E-state index is 11.4. The van der Waals surface area contributed by atoms with Gasteiger partial charge in [0.1, 0.15) is 6.61 Å². The second-order valence-electron chi connectivity index (χ2n) is 3.26. The molecule has 0 aromatic carbocycles. The fraction of sp³-hybridized carbons (Fsp3) is 0.636. The van der Waals surface area contributed by atoms with Crippen molar-refractivity contribution in [2.24, 2.45) is 0 Å². The molecular weight excluding hydrogens is 210 g/mol. The Balaban J connectivity index is 2.86. The summed E-state index contributed by atoms with van der Waals surface area (Å²) in [4.78, 5) is 15.6. The summed E-state index contributed by atoms with van der Waals surface area (Å²) in [7, 11) is 1.32. The van der Waals surface area contributed by atoms with Crippen molar-refractivity contribution in [1.82, 2.24) is 4.98 Å². The molecule has 5 heteroatoms. The van der Waals surface area contributed by atoms with Crippen LogP contribution in [0.15, 0.2) is 4.42 Å². The topological polar surface area (TPSA) is 61.6 Å². The van der Waals surface area contributed by atoms with Crippen LogP contribution >= 0.6 is 0 Å².